The molecule has 0 fully saturated rings. The van der Waals surface area contributed by atoms with Gasteiger partial charge in [0, 0.05) is 6.04 Å². The average Bonchev–Trinajstić information content (AvgIpc) is 2.49. The van der Waals surface area contributed by atoms with Gasteiger partial charge >= 0.3 is 0 Å². The highest BCUT2D eigenvalue weighted by Gasteiger charge is 2.17. The fraction of sp³-hybridized carbons (Fsp3) is 0.667. The number of aryl methyl sites for hydroxylation is 1. The molecular weight excluding hydrogens is 262 g/mol. The van der Waals surface area contributed by atoms with Crippen molar-refractivity contribution in [2.75, 3.05) is 28.3 Å². The molecule has 0 radical (unpaired) electrons. The lowest BCUT2D eigenvalue weighted by molar-refractivity contribution is 0.315. The molecule has 0 amide bonds. The van der Waals surface area contributed by atoms with Crippen molar-refractivity contribution < 1.29 is 9.47 Å². The van der Waals surface area contributed by atoms with E-state index in [1.807, 2.05) is 0 Å². The van der Waals surface area contributed by atoms with Crippen LogP contribution in [-0.4, -0.2) is 33.2 Å². The normalized spacial score (nSPS) is 12.5. The van der Waals surface area contributed by atoms with Crippen LogP contribution in [0.2, 0.25) is 0 Å². The molecule has 0 aliphatic carbocycles. The third-order valence-corrected chi connectivity index (χ3v) is 4.17. The van der Waals surface area contributed by atoms with E-state index in [1.54, 1.807) is 14.2 Å². The van der Waals surface area contributed by atoms with E-state index in [9.17, 15) is 0 Å². The van der Waals surface area contributed by atoms with Gasteiger partial charge in [-0.15, -0.1) is 0 Å². The van der Waals surface area contributed by atoms with Crippen LogP contribution in [0.5, 0.6) is 11.5 Å². The highest BCUT2D eigenvalue weighted by Crippen LogP contribution is 2.35. The van der Waals surface area contributed by atoms with Gasteiger partial charge in [-0.3, -0.25) is 0 Å². The molecule has 120 valence electrons. The summed E-state index contributed by atoms with van der Waals surface area (Å²) in [6.07, 6.45) is 6.21. The van der Waals surface area contributed by atoms with Crippen LogP contribution in [0.3, 0.4) is 0 Å². The Hall–Kier alpha value is -1.22. The fourth-order valence-corrected chi connectivity index (χ4v) is 2.56. The first-order valence-electron chi connectivity index (χ1n) is 7.96. The molecule has 0 saturated heterocycles. The number of benzene rings is 1. The van der Waals surface area contributed by atoms with Gasteiger partial charge in [0.25, 0.3) is 0 Å². The van der Waals surface area contributed by atoms with Gasteiger partial charge in [-0.1, -0.05) is 26.2 Å². The molecule has 0 N–H and O–H groups in total. The summed E-state index contributed by atoms with van der Waals surface area (Å²) in [6.45, 7) is 4.48. The van der Waals surface area contributed by atoms with Crippen LogP contribution in [0.1, 0.15) is 56.7 Å². The molecule has 0 unspecified atom stereocenters. The van der Waals surface area contributed by atoms with E-state index < -0.39 is 0 Å². The Morgan fingerprint density at radius 1 is 1.00 bits per heavy atom. The Kier molecular flexibility index (Phi) is 7.58. The molecular formula is C18H31NO2. The summed E-state index contributed by atoms with van der Waals surface area (Å²) >= 11 is 0. The molecule has 1 rings (SSSR count). The quantitative estimate of drug-likeness (QED) is 0.628. The van der Waals surface area contributed by atoms with Crippen LogP contribution in [-0.2, 0) is 6.42 Å². The van der Waals surface area contributed by atoms with Crippen molar-refractivity contribution in [3.63, 3.8) is 0 Å². The first-order chi connectivity index (χ1) is 10.0. The minimum absolute atomic E-state index is 0.367. The first-order valence-corrected chi connectivity index (χ1v) is 7.96. The van der Waals surface area contributed by atoms with Crippen molar-refractivity contribution in [1.29, 1.82) is 0 Å². The Morgan fingerprint density at radius 3 is 2.14 bits per heavy atom. The first kappa shape index (κ1) is 17.8. The topological polar surface area (TPSA) is 21.7 Å². The number of methoxy groups -OCH3 is 2. The monoisotopic (exact) mass is 293 g/mol. The molecule has 0 aliphatic heterocycles. The Balaban J connectivity index is 3.05. The SMILES string of the molecule is CCCCCCc1cc(OC)c(OC)cc1[C@H](C)N(C)C. The second-order valence-corrected chi connectivity index (χ2v) is 5.86. The molecule has 1 aromatic carbocycles. The third kappa shape index (κ3) is 4.92. The largest absolute Gasteiger partial charge is 0.493 e. The second-order valence-electron chi connectivity index (χ2n) is 5.86. The average molecular weight is 293 g/mol. The Morgan fingerprint density at radius 2 is 1.62 bits per heavy atom. The number of nitrogens with zero attached hydrogens (tertiary/aromatic N) is 1. The van der Waals surface area contributed by atoms with E-state index in [4.69, 9.17) is 9.47 Å². The Labute approximate surface area is 130 Å². The summed E-state index contributed by atoms with van der Waals surface area (Å²) in [5.41, 5.74) is 2.72. The molecule has 0 aliphatic rings. The maximum absolute atomic E-state index is 5.46. The third-order valence-electron chi connectivity index (χ3n) is 4.17. The predicted molar refractivity (Wildman–Crippen MR) is 89.5 cm³/mol. The summed E-state index contributed by atoms with van der Waals surface area (Å²) in [5.74, 6) is 1.65. The smallest absolute Gasteiger partial charge is 0.161 e. The lowest BCUT2D eigenvalue weighted by Gasteiger charge is -2.24. The number of hydrogen-bond acceptors (Lipinski definition) is 3. The van der Waals surface area contributed by atoms with Crippen LogP contribution in [0.15, 0.2) is 12.1 Å². The summed E-state index contributed by atoms with van der Waals surface area (Å²) in [7, 11) is 7.63. The van der Waals surface area contributed by atoms with Gasteiger partial charge in [0.2, 0.25) is 0 Å². The van der Waals surface area contributed by atoms with Gasteiger partial charge in [-0.2, -0.15) is 0 Å². The van der Waals surface area contributed by atoms with Gasteiger partial charge in [-0.05, 0) is 57.1 Å². The zero-order chi connectivity index (χ0) is 15.8. The van der Waals surface area contributed by atoms with Gasteiger partial charge in [-0.25, -0.2) is 0 Å². The van der Waals surface area contributed by atoms with Crippen LogP contribution in [0.25, 0.3) is 0 Å². The molecule has 3 heteroatoms. The fourth-order valence-electron chi connectivity index (χ4n) is 2.56. The standard InChI is InChI=1S/C18H31NO2/c1-7-8-9-10-11-15-12-17(20-5)18(21-6)13-16(15)14(2)19(3)4/h12-14H,7-11H2,1-6H3/t14-/m0/s1. The summed E-state index contributed by atoms with van der Waals surface area (Å²) in [6, 6.07) is 4.66. The summed E-state index contributed by atoms with van der Waals surface area (Å²) in [4.78, 5) is 2.23. The van der Waals surface area contributed by atoms with E-state index in [0.717, 1.165) is 17.9 Å². The van der Waals surface area contributed by atoms with E-state index in [-0.39, 0.29) is 0 Å². The number of rotatable bonds is 9. The zero-order valence-electron chi connectivity index (χ0n) is 14.5. The van der Waals surface area contributed by atoms with Gasteiger partial charge < -0.3 is 14.4 Å². The van der Waals surface area contributed by atoms with Crippen molar-refractivity contribution in [3.05, 3.63) is 23.3 Å². The minimum atomic E-state index is 0.367. The molecule has 3 nitrogen and oxygen atoms in total. The molecule has 0 heterocycles. The van der Waals surface area contributed by atoms with Crippen LogP contribution < -0.4 is 9.47 Å². The highest BCUT2D eigenvalue weighted by molar-refractivity contribution is 5.48. The summed E-state index contributed by atoms with van der Waals surface area (Å²) < 4.78 is 10.9. The molecule has 0 bridgehead atoms. The number of hydrogen-bond donors (Lipinski definition) is 0. The van der Waals surface area contributed by atoms with E-state index in [0.29, 0.717) is 6.04 Å². The minimum Gasteiger partial charge on any atom is -0.493 e. The van der Waals surface area contributed by atoms with Crippen molar-refractivity contribution in [2.24, 2.45) is 0 Å². The van der Waals surface area contributed by atoms with E-state index in [1.165, 1.54) is 36.8 Å². The van der Waals surface area contributed by atoms with Crippen molar-refractivity contribution in [3.8, 4) is 11.5 Å². The molecule has 21 heavy (non-hydrogen) atoms. The van der Waals surface area contributed by atoms with Gasteiger partial charge in [0.05, 0.1) is 14.2 Å². The highest BCUT2D eigenvalue weighted by atomic mass is 16.5. The molecule has 1 aromatic rings. The van der Waals surface area contributed by atoms with Crippen molar-refractivity contribution >= 4 is 0 Å². The second kappa shape index (κ2) is 8.93. The van der Waals surface area contributed by atoms with E-state index >= 15 is 0 Å². The Bertz CT molecular complexity index is 429. The van der Waals surface area contributed by atoms with Crippen LogP contribution >= 0.6 is 0 Å². The molecule has 0 saturated carbocycles. The lowest BCUT2D eigenvalue weighted by atomic mass is 9.95. The van der Waals surface area contributed by atoms with Crippen LogP contribution in [0.4, 0.5) is 0 Å². The summed E-state index contributed by atoms with van der Waals surface area (Å²) in [5, 5.41) is 0. The molecule has 0 aromatic heterocycles. The number of ether oxygens (including phenoxy) is 2. The lowest BCUT2D eigenvalue weighted by Crippen LogP contribution is -2.18. The maximum Gasteiger partial charge on any atom is 0.161 e. The zero-order valence-corrected chi connectivity index (χ0v) is 14.5. The van der Waals surface area contributed by atoms with Gasteiger partial charge in [0.1, 0.15) is 0 Å². The number of unbranched alkanes of at least 4 members (excludes halogenated alkanes) is 3. The predicted octanol–water partition coefficient (Wildman–Crippen LogP) is 4.45. The van der Waals surface area contributed by atoms with Crippen LogP contribution in [0, 0.1) is 0 Å². The van der Waals surface area contributed by atoms with Crippen molar-refractivity contribution in [1.82, 2.24) is 4.90 Å². The molecule has 0 spiro atoms. The van der Waals surface area contributed by atoms with E-state index in [2.05, 4.69) is 45.0 Å². The van der Waals surface area contributed by atoms with Crippen molar-refractivity contribution in [2.45, 2.75) is 52.0 Å². The maximum atomic E-state index is 5.46. The molecule has 1 atom stereocenters. The van der Waals surface area contributed by atoms with Gasteiger partial charge in [0.15, 0.2) is 11.5 Å².